The van der Waals surface area contributed by atoms with Crippen LogP contribution in [0.4, 0.5) is 0 Å². The van der Waals surface area contributed by atoms with Gasteiger partial charge in [-0.1, -0.05) is 6.07 Å². The number of aromatic nitrogens is 2. The van der Waals surface area contributed by atoms with Gasteiger partial charge < -0.3 is 14.4 Å². The van der Waals surface area contributed by atoms with Gasteiger partial charge in [-0.05, 0) is 35.7 Å². The van der Waals surface area contributed by atoms with Crippen LogP contribution < -0.4 is 4.74 Å². The first-order valence-corrected chi connectivity index (χ1v) is 8.00. The molecule has 0 saturated heterocycles. The van der Waals surface area contributed by atoms with Crippen LogP contribution in [0.3, 0.4) is 0 Å². The van der Waals surface area contributed by atoms with Gasteiger partial charge in [0.05, 0.1) is 23.1 Å². The average molecular weight is 325 g/mol. The molecule has 23 heavy (non-hydrogen) atoms. The van der Waals surface area contributed by atoms with Crippen LogP contribution in [0.5, 0.6) is 5.75 Å². The molecule has 0 aliphatic heterocycles. The standard InChI is InChI=1S/C17H15N3O2S/c18-10-13-3-5-15(6-4-13)22-12-14(21)11-20-8-7-19-17(20)16-2-1-9-23-16/h1-9,14,21H,11-12H2. The number of ether oxygens (including phenoxy) is 1. The van der Waals surface area contributed by atoms with E-state index in [-0.39, 0.29) is 6.61 Å². The third-order valence-electron chi connectivity index (χ3n) is 3.29. The molecule has 1 unspecified atom stereocenters. The first-order valence-electron chi connectivity index (χ1n) is 7.12. The summed E-state index contributed by atoms with van der Waals surface area (Å²) in [6.45, 7) is 0.581. The molecule has 6 heteroatoms. The van der Waals surface area contributed by atoms with E-state index < -0.39 is 6.10 Å². The lowest BCUT2D eigenvalue weighted by Crippen LogP contribution is -2.23. The highest BCUT2D eigenvalue weighted by molar-refractivity contribution is 7.13. The van der Waals surface area contributed by atoms with E-state index in [4.69, 9.17) is 10.00 Å². The lowest BCUT2D eigenvalue weighted by atomic mass is 10.2. The Morgan fingerprint density at radius 2 is 2.13 bits per heavy atom. The van der Waals surface area contributed by atoms with Gasteiger partial charge in [0.2, 0.25) is 0 Å². The van der Waals surface area contributed by atoms with Gasteiger partial charge in [0.1, 0.15) is 24.3 Å². The maximum Gasteiger partial charge on any atom is 0.150 e. The molecule has 1 aromatic carbocycles. The van der Waals surface area contributed by atoms with Crippen LogP contribution in [-0.4, -0.2) is 27.4 Å². The number of nitriles is 1. The van der Waals surface area contributed by atoms with E-state index in [0.29, 0.717) is 17.9 Å². The molecule has 0 amide bonds. The van der Waals surface area contributed by atoms with E-state index in [1.54, 1.807) is 41.8 Å². The first-order chi connectivity index (χ1) is 11.3. The van der Waals surface area contributed by atoms with Gasteiger partial charge in [-0.2, -0.15) is 5.26 Å². The fourth-order valence-corrected chi connectivity index (χ4v) is 2.92. The lowest BCUT2D eigenvalue weighted by molar-refractivity contribution is 0.0929. The number of thiophene rings is 1. The Balaban J connectivity index is 1.58. The van der Waals surface area contributed by atoms with E-state index in [2.05, 4.69) is 11.1 Å². The number of hydrogen-bond acceptors (Lipinski definition) is 5. The van der Waals surface area contributed by atoms with Crippen molar-refractivity contribution in [3.63, 3.8) is 0 Å². The molecule has 0 bridgehead atoms. The molecule has 1 N–H and O–H groups in total. The maximum absolute atomic E-state index is 10.2. The second-order valence-corrected chi connectivity index (χ2v) is 5.93. The van der Waals surface area contributed by atoms with E-state index in [0.717, 1.165) is 10.7 Å². The molecule has 5 nitrogen and oxygen atoms in total. The van der Waals surface area contributed by atoms with Crippen LogP contribution in [0.15, 0.2) is 54.2 Å². The summed E-state index contributed by atoms with van der Waals surface area (Å²) < 4.78 is 7.47. The Kier molecular flexibility index (Phi) is 4.71. The zero-order valence-electron chi connectivity index (χ0n) is 12.3. The maximum atomic E-state index is 10.2. The van der Waals surface area contributed by atoms with Crippen molar-refractivity contribution < 1.29 is 9.84 Å². The van der Waals surface area contributed by atoms with Crippen LogP contribution >= 0.6 is 11.3 Å². The molecule has 2 heterocycles. The fraction of sp³-hybridized carbons (Fsp3) is 0.176. The summed E-state index contributed by atoms with van der Waals surface area (Å²) in [5.41, 5.74) is 0.580. The van der Waals surface area contributed by atoms with Crippen molar-refractivity contribution in [3.8, 4) is 22.5 Å². The summed E-state index contributed by atoms with van der Waals surface area (Å²) in [5, 5.41) is 20.9. The number of rotatable bonds is 6. The summed E-state index contributed by atoms with van der Waals surface area (Å²) in [6.07, 6.45) is 2.92. The van der Waals surface area contributed by atoms with Crippen molar-refractivity contribution >= 4 is 11.3 Å². The monoisotopic (exact) mass is 325 g/mol. The molecule has 116 valence electrons. The zero-order chi connectivity index (χ0) is 16.1. The van der Waals surface area contributed by atoms with Gasteiger partial charge in [-0.25, -0.2) is 4.98 Å². The zero-order valence-corrected chi connectivity index (χ0v) is 13.1. The minimum Gasteiger partial charge on any atom is -0.491 e. The summed E-state index contributed by atoms with van der Waals surface area (Å²) in [4.78, 5) is 5.40. The third kappa shape index (κ3) is 3.77. The number of nitrogens with zero attached hydrogens (tertiary/aromatic N) is 3. The largest absolute Gasteiger partial charge is 0.491 e. The van der Waals surface area contributed by atoms with Crippen LogP contribution in [0.25, 0.3) is 10.7 Å². The minimum atomic E-state index is -0.654. The van der Waals surface area contributed by atoms with Crippen LogP contribution in [-0.2, 0) is 6.54 Å². The normalized spacial score (nSPS) is 11.8. The Morgan fingerprint density at radius 3 is 2.83 bits per heavy atom. The van der Waals surface area contributed by atoms with E-state index in [9.17, 15) is 5.11 Å². The lowest BCUT2D eigenvalue weighted by Gasteiger charge is -2.14. The molecule has 0 aliphatic rings. The first kappa shape index (κ1) is 15.3. The second kappa shape index (κ2) is 7.09. The van der Waals surface area contributed by atoms with Crippen LogP contribution in [0.2, 0.25) is 0 Å². The molecule has 0 spiro atoms. The summed E-state index contributed by atoms with van der Waals surface area (Å²) >= 11 is 1.61. The molecular weight excluding hydrogens is 310 g/mol. The topological polar surface area (TPSA) is 71.1 Å². The molecular formula is C17H15N3O2S. The van der Waals surface area contributed by atoms with Crippen molar-refractivity contribution in [1.82, 2.24) is 9.55 Å². The Hall–Kier alpha value is -2.62. The summed E-state index contributed by atoms with van der Waals surface area (Å²) in [7, 11) is 0. The Morgan fingerprint density at radius 1 is 1.30 bits per heavy atom. The van der Waals surface area contributed by atoms with Gasteiger partial charge >= 0.3 is 0 Å². The molecule has 3 rings (SSSR count). The van der Waals surface area contributed by atoms with Gasteiger partial charge in [0.15, 0.2) is 0 Å². The molecule has 2 aromatic heterocycles. The predicted molar refractivity (Wildman–Crippen MR) is 88.2 cm³/mol. The molecule has 0 saturated carbocycles. The number of aliphatic hydroxyl groups is 1. The summed E-state index contributed by atoms with van der Waals surface area (Å²) in [6, 6.07) is 12.9. The smallest absolute Gasteiger partial charge is 0.150 e. The van der Waals surface area contributed by atoms with Crippen LogP contribution in [0.1, 0.15) is 5.56 Å². The fourth-order valence-electron chi connectivity index (χ4n) is 2.19. The molecule has 0 aliphatic carbocycles. The molecule has 3 aromatic rings. The van der Waals surface area contributed by atoms with E-state index in [1.165, 1.54) is 0 Å². The van der Waals surface area contributed by atoms with Crippen molar-refractivity contribution in [3.05, 3.63) is 59.7 Å². The number of hydrogen-bond donors (Lipinski definition) is 1. The predicted octanol–water partition coefficient (Wildman–Crippen LogP) is 2.92. The molecule has 0 fully saturated rings. The van der Waals surface area contributed by atoms with Gasteiger partial charge in [0, 0.05) is 12.4 Å². The Labute approximate surface area is 138 Å². The number of benzene rings is 1. The highest BCUT2D eigenvalue weighted by Crippen LogP contribution is 2.23. The third-order valence-corrected chi connectivity index (χ3v) is 4.16. The van der Waals surface area contributed by atoms with Crippen LogP contribution in [0, 0.1) is 11.3 Å². The quantitative estimate of drug-likeness (QED) is 0.756. The number of aliphatic hydroxyl groups excluding tert-OH is 1. The van der Waals surface area contributed by atoms with Crippen molar-refractivity contribution in [1.29, 1.82) is 5.26 Å². The van der Waals surface area contributed by atoms with Crippen molar-refractivity contribution in [2.75, 3.05) is 6.61 Å². The van der Waals surface area contributed by atoms with Gasteiger partial charge in [0.25, 0.3) is 0 Å². The second-order valence-electron chi connectivity index (χ2n) is 4.98. The number of imidazole rings is 1. The highest BCUT2D eigenvalue weighted by atomic mass is 32.1. The average Bonchev–Trinajstić information content (AvgIpc) is 3.24. The highest BCUT2D eigenvalue weighted by Gasteiger charge is 2.12. The SMILES string of the molecule is N#Cc1ccc(OCC(O)Cn2ccnc2-c2cccs2)cc1. The minimum absolute atomic E-state index is 0.175. The van der Waals surface area contributed by atoms with E-state index in [1.807, 2.05) is 28.3 Å². The summed E-state index contributed by atoms with van der Waals surface area (Å²) in [5.74, 6) is 1.48. The van der Waals surface area contributed by atoms with E-state index >= 15 is 0 Å². The van der Waals surface area contributed by atoms with Gasteiger partial charge in [-0.3, -0.25) is 0 Å². The van der Waals surface area contributed by atoms with Crippen molar-refractivity contribution in [2.24, 2.45) is 0 Å². The van der Waals surface area contributed by atoms with Gasteiger partial charge in [-0.15, -0.1) is 11.3 Å². The molecule has 0 radical (unpaired) electrons. The molecule has 1 atom stereocenters. The van der Waals surface area contributed by atoms with Crippen molar-refractivity contribution in [2.45, 2.75) is 12.6 Å². The Bertz CT molecular complexity index is 788.